The highest BCUT2D eigenvalue weighted by atomic mass is 32.2. The molecule has 0 atom stereocenters. The summed E-state index contributed by atoms with van der Waals surface area (Å²) >= 11 is 2.77. The van der Waals surface area contributed by atoms with Gasteiger partial charge in [0.05, 0.1) is 22.0 Å². The number of rotatable bonds is 9. The van der Waals surface area contributed by atoms with Gasteiger partial charge in [-0.1, -0.05) is 30.2 Å². The van der Waals surface area contributed by atoms with Crippen LogP contribution in [-0.4, -0.2) is 39.4 Å². The highest BCUT2D eigenvalue weighted by Crippen LogP contribution is 2.34. The van der Waals surface area contributed by atoms with Crippen LogP contribution in [0.5, 0.6) is 0 Å². The van der Waals surface area contributed by atoms with Gasteiger partial charge in [-0.25, -0.2) is 14.8 Å². The monoisotopic (exact) mass is 500 g/mol. The number of hydrogen-bond donors (Lipinski definition) is 2. The zero-order valence-electron chi connectivity index (χ0n) is 19.2. The molecule has 1 fully saturated rings. The number of amides is 2. The predicted octanol–water partition coefficient (Wildman–Crippen LogP) is 6.23. The molecule has 8 nitrogen and oxygen atoms in total. The molecule has 4 rings (SSSR count). The Kier molecular flexibility index (Phi) is 7.57. The SMILES string of the molecule is CC(C)(CSc1cnc(NC(=O)N(CC2CCCC2)c2cccc(-c3ncco3)c2)s1)C(=O)O. The van der Waals surface area contributed by atoms with Crippen LogP contribution in [0.15, 0.2) is 51.5 Å². The quantitative estimate of drug-likeness (QED) is 0.335. The molecule has 0 spiro atoms. The Bertz CT molecular complexity index is 1120. The van der Waals surface area contributed by atoms with Crippen molar-refractivity contribution in [3.8, 4) is 11.5 Å². The Balaban J connectivity index is 1.49. The molecular weight excluding hydrogens is 472 g/mol. The number of aromatic nitrogens is 2. The summed E-state index contributed by atoms with van der Waals surface area (Å²) < 4.78 is 6.29. The van der Waals surface area contributed by atoms with E-state index < -0.39 is 11.4 Å². The van der Waals surface area contributed by atoms with Gasteiger partial charge in [0, 0.05) is 23.5 Å². The number of thiazole rings is 1. The van der Waals surface area contributed by atoms with Crippen LogP contribution in [0.1, 0.15) is 39.5 Å². The van der Waals surface area contributed by atoms with Crippen LogP contribution >= 0.6 is 23.1 Å². The lowest BCUT2D eigenvalue weighted by Crippen LogP contribution is -2.38. The fourth-order valence-corrected chi connectivity index (χ4v) is 5.73. The number of urea groups is 1. The van der Waals surface area contributed by atoms with Crippen molar-refractivity contribution in [1.82, 2.24) is 9.97 Å². The number of oxazole rings is 1. The first kappa shape index (κ1) is 24.3. The third-order valence-corrected chi connectivity index (χ3v) is 8.42. The van der Waals surface area contributed by atoms with E-state index in [0.29, 0.717) is 29.2 Å². The van der Waals surface area contributed by atoms with Gasteiger partial charge >= 0.3 is 12.0 Å². The molecule has 1 aliphatic rings. The second-order valence-electron chi connectivity index (χ2n) is 9.04. The lowest BCUT2D eigenvalue weighted by atomic mass is 9.97. The summed E-state index contributed by atoms with van der Waals surface area (Å²) in [5.74, 6) is 0.539. The number of carboxylic acid groups (broad SMARTS) is 1. The van der Waals surface area contributed by atoms with Gasteiger partial charge in [-0.2, -0.15) is 0 Å². The molecule has 180 valence electrons. The van der Waals surface area contributed by atoms with Crippen molar-refractivity contribution in [3.05, 3.63) is 42.9 Å². The lowest BCUT2D eigenvalue weighted by molar-refractivity contribution is -0.145. The van der Waals surface area contributed by atoms with Crippen molar-refractivity contribution in [2.45, 2.75) is 43.7 Å². The Morgan fingerprint density at radius 1 is 1.29 bits per heavy atom. The lowest BCUT2D eigenvalue weighted by Gasteiger charge is -2.26. The van der Waals surface area contributed by atoms with Crippen molar-refractivity contribution >= 4 is 45.9 Å². The predicted molar refractivity (Wildman–Crippen MR) is 135 cm³/mol. The fourth-order valence-electron chi connectivity index (χ4n) is 3.79. The second kappa shape index (κ2) is 10.6. The molecule has 1 saturated carbocycles. The molecule has 10 heteroatoms. The Morgan fingerprint density at radius 3 is 2.79 bits per heavy atom. The molecule has 0 unspecified atom stereocenters. The van der Waals surface area contributed by atoms with E-state index in [9.17, 15) is 14.7 Å². The molecule has 2 N–H and O–H groups in total. The minimum absolute atomic E-state index is 0.242. The molecule has 0 radical (unpaired) electrons. The van der Waals surface area contributed by atoms with Gasteiger partial charge in [-0.05, 0) is 50.8 Å². The number of carboxylic acids is 1. The Hall–Kier alpha value is -2.85. The third-order valence-electron chi connectivity index (χ3n) is 5.85. The van der Waals surface area contributed by atoms with E-state index in [4.69, 9.17) is 4.42 Å². The summed E-state index contributed by atoms with van der Waals surface area (Å²) in [5, 5.41) is 12.7. The number of aliphatic carboxylic acids is 1. The highest BCUT2D eigenvalue weighted by molar-refractivity contribution is 8.01. The molecule has 2 amide bonds. The molecule has 34 heavy (non-hydrogen) atoms. The zero-order valence-corrected chi connectivity index (χ0v) is 20.8. The first-order valence-electron chi connectivity index (χ1n) is 11.2. The highest BCUT2D eigenvalue weighted by Gasteiger charge is 2.28. The summed E-state index contributed by atoms with van der Waals surface area (Å²) in [7, 11) is 0. The third kappa shape index (κ3) is 5.98. The van der Waals surface area contributed by atoms with Gasteiger partial charge in [-0.3, -0.25) is 15.0 Å². The molecule has 0 aliphatic heterocycles. The van der Waals surface area contributed by atoms with Crippen molar-refractivity contribution < 1.29 is 19.1 Å². The van der Waals surface area contributed by atoms with E-state index in [1.807, 2.05) is 24.3 Å². The van der Waals surface area contributed by atoms with Gasteiger partial charge in [0.2, 0.25) is 5.89 Å². The van der Waals surface area contributed by atoms with Gasteiger partial charge in [-0.15, -0.1) is 11.8 Å². The first-order chi connectivity index (χ1) is 16.3. The maximum Gasteiger partial charge on any atom is 0.328 e. The number of thioether (sulfide) groups is 1. The van der Waals surface area contributed by atoms with Gasteiger partial charge in [0.1, 0.15) is 6.26 Å². The van der Waals surface area contributed by atoms with Crippen molar-refractivity contribution in [1.29, 1.82) is 0 Å². The number of nitrogens with one attached hydrogen (secondary N) is 1. The van der Waals surface area contributed by atoms with Gasteiger partial charge in [0.15, 0.2) is 5.13 Å². The Morgan fingerprint density at radius 2 is 2.09 bits per heavy atom. The molecule has 3 aromatic rings. The van der Waals surface area contributed by atoms with Crippen LogP contribution in [0.25, 0.3) is 11.5 Å². The van der Waals surface area contributed by atoms with Crippen LogP contribution in [0.4, 0.5) is 15.6 Å². The maximum absolute atomic E-state index is 13.4. The molecule has 1 aliphatic carbocycles. The molecule has 2 heterocycles. The molecule has 0 saturated heterocycles. The number of carbonyl (C=O) groups excluding carboxylic acids is 1. The largest absolute Gasteiger partial charge is 0.481 e. The van der Waals surface area contributed by atoms with Crippen LogP contribution in [-0.2, 0) is 4.79 Å². The standard InChI is InChI=1S/C24H28N4O4S2/c1-24(2,21(29)30)15-33-19-13-26-22(34-19)27-23(31)28(14-16-6-3-4-7-16)18-9-5-8-17(12-18)20-25-10-11-32-20/h5,8-13,16H,3-4,6-7,14-15H2,1-2H3,(H,29,30)(H,26,27,31). The number of anilines is 2. The maximum atomic E-state index is 13.4. The number of benzene rings is 1. The Labute approximate surface area is 206 Å². The number of nitrogens with zero attached hydrogens (tertiary/aromatic N) is 3. The van der Waals surface area contributed by atoms with Gasteiger partial charge in [0.25, 0.3) is 0 Å². The summed E-state index contributed by atoms with van der Waals surface area (Å²) in [5.41, 5.74) is 0.736. The van der Waals surface area contributed by atoms with E-state index in [2.05, 4.69) is 15.3 Å². The minimum atomic E-state index is -0.843. The molecule has 2 aromatic heterocycles. The second-order valence-corrected chi connectivity index (χ2v) is 11.3. The van der Waals surface area contributed by atoms with Crippen LogP contribution in [0.2, 0.25) is 0 Å². The average molecular weight is 501 g/mol. The number of hydrogen-bond acceptors (Lipinski definition) is 7. The smallest absolute Gasteiger partial charge is 0.328 e. The summed E-state index contributed by atoms with van der Waals surface area (Å²) in [6.45, 7) is 4.01. The fraction of sp³-hybridized carbons (Fsp3) is 0.417. The normalized spacial score (nSPS) is 14.3. The van der Waals surface area contributed by atoms with Crippen molar-refractivity contribution in [3.63, 3.8) is 0 Å². The molecule has 0 bridgehead atoms. The van der Waals surface area contributed by atoms with Crippen LogP contribution in [0, 0.1) is 11.3 Å². The van der Waals surface area contributed by atoms with Crippen LogP contribution < -0.4 is 10.2 Å². The number of carbonyl (C=O) groups is 2. The van der Waals surface area contributed by atoms with E-state index >= 15 is 0 Å². The summed E-state index contributed by atoms with van der Waals surface area (Å²) in [4.78, 5) is 35.0. The van der Waals surface area contributed by atoms with Crippen LogP contribution in [0.3, 0.4) is 0 Å². The zero-order chi connectivity index (χ0) is 24.1. The van der Waals surface area contributed by atoms with Crippen molar-refractivity contribution in [2.24, 2.45) is 11.3 Å². The topological polar surface area (TPSA) is 109 Å². The van der Waals surface area contributed by atoms with E-state index in [-0.39, 0.29) is 6.03 Å². The average Bonchev–Trinajstić information content (AvgIpc) is 3.59. The van der Waals surface area contributed by atoms with E-state index in [1.165, 1.54) is 42.2 Å². The first-order valence-corrected chi connectivity index (χ1v) is 13.0. The van der Waals surface area contributed by atoms with Crippen molar-refractivity contribution in [2.75, 3.05) is 22.5 Å². The minimum Gasteiger partial charge on any atom is -0.481 e. The summed E-state index contributed by atoms with van der Waals surface area (Å²) in [6, 6.07) is 7.39. The van der Waals surface area contributed by atoms with E-state index in [0.717, 1.165) is 28.3 Å². The summed E-state index contributed by atoms with van der Waals surface area (Å²) in [6.07, 6.45) is 9.41. The molecular formula is C24H28N4O4S2. The van der Waals surface area contributed by atoms with E-state index in [1.54, 1.807) is 31.1 Å². The van der Waals surface area contributed by atoms with Gasteiger partial charge < -0.3 is 9.52 Å². The molecule has 1 aromatic carbocycles.